The number of hydrogen-bond donors (Lipinski definition) is 2. The first-order valence-electron chi connectivity index (χ1n) is 6.65. The van der Waals surface area contributed by atoms with Crippen molar-refractivity contribution < 1.29 is 14.3 Å². The monoisotopic (exact) mass is 362 g/mol. The van der Waals surface area contributed by atoms with Crippen LogP contribution < -0.4 is 15.8 Å². The first-order valence-corrected chi connectivity index (χ1v) is 7.44. The number of halogens is 1. The molecule has 6 heteroatoms. The van der Waals surface area contributed by atoms with E-state index in [1.165, 1.54) is 6.07 Å². The molecule has 0 unspecified atom stereocenters. The van der Waals surface area contributed by atoms with Gasteiger partial charge in [-0.15, -0.1) is 0 Å². The standard InChI is InChI=1S/C16H15BrN2O3/c1-2-22-14-7-6-11(9-13(14)17)16(21)19-12-5-3-4-10(8-12)15(18)20/h3-9H,2H2,1H3,(H2,18,20)(H,19,21). The van der Waals surface area contributed by atoms with Crippen molar-refractivity contribution >= 4 is 33.4 Å². The predicted octanol–water partition coefficient (Wildman–Crippen LogP) is 3.20. The first kappa shape index (κ1) is 16.0. The Morgan fingerprint density at radius 3 is 2.59 bits per heavy atom. The van der Waals surface area contributed by atoms with E-state index in [9.17, 15) is 9.59 Å². The van der Waals surface area contributed by atoms with Crippen molar-refractivity contribution in [3.63, 3.8) is 0 Å². The fourth-order valence-corrected chi connectivity index (χ4v) is 2.36. The van der Waals surface area contributed by atoms with Crippen LogP contribution in [0.1, 0.15) is 27.6 Å². The number of ether oxygens (including phenoxy) is 1. The number of nitrogens with one attached hydrogen (secondary N) is 1. The van der Waals surface area contributed by atoms with Crippen molar-refractivity contribution in [2.75, 3.05) is 11.9 Å². The molecule has 0 heterocycles. The van der Waals surface area contributed by atoms with Gasteiger partial charge in [0.25, 0.3) is 5.91 Å². The number of primary amides is 1. The first-order chi connectivity index (χ1) is 10.5. The van der Waals surface area contributed by atoms with E-state index in [1.807, 2.05) is 6.92 Å². The van der Waals surface area contributed by atoms with Crippen molar-refractivity contribution in [3.05, 3.63) is 58.1 Å². The highest BCUT2D eigenvalue weighted by Gasteiger charge is 2.10. The van der Waals surface area contributed by atoms with Gasteiger partial charge in [-0.05, 0) is 59.3 Å². The summed E-state index contributed by atoms with van der Waals surface area (Å²) in [5.74, 6) is -0.153. The SMILES string of the molecule is CCOc1ccc(C(=O)Nc2cccc(C(N)=O)c2)cc1Br. The van der Waals surface area contributed by atoms with Crippen molar-refractivity contribution in [3.8, 4) is 5.75 Å². The van der Waals surface area contributed by atoms with Gasteiger partial charge in [0, 0.05) is 16.8 Å². The Kier molecular flexibility index (Phi) is 5.16. The van der Waals surface area contributed by atoms with Crippen LogP contribution in [-0.4, -0.2) is 18.4 Å². The molecule has 0 aliphatic carbocycles. The molecule has 0 saturated carbocycles. The Labute approximate surface area is 136 Å². The number of hydrogen-bond acceptors (Lipinski definition) is 3. The van der Waals surface area contributed by atoms with Crippen molar-refractivity contribution in [2.45, 2.75) is 6.92 Å². The summed E-state index contributed by atoms with van der Waals surface area (Å²) in [7, 11) is 0. The molecular weight excluding hydrogens is 348 g/mol. The van der Waals surface area contributed by atoms with Gasteiger partial charge in [0.05, 0.1) is 11.1 Å². The average molecular weight is 363 g/mol. The molecular formula is C16H15BrN2O3. The van der Waals surface area contributed by atoms with Gasteiger partial charge in [-0.3, -0.25) is 9.59 Å². The fraction of sp³-hybridized carbons (Fsp3) is 0.125. The number of nitrogens with two attached hydrogens (primary N) is 1. The van der Waals surface area contributed by atoms with Crippen LogP contribution in [0, 0.1) is 0 Å². The Hall–Kier alpha value is -2.34. The topological polar surface area (TPSA) is 81.4 Å². The molecule has 0 aliphatic heterocycles. The van der Waals surface area contributed by atoms with Crippen molar-refractivity contribution in [2.24, 2.45) is 5.73 Å². The average Bonchev–Trinajstić information content (AvgIpc) is 2.49. The normalized spacial score (nSPS) is 10.1. The third kappa shape index (κ3) is 3.85. The zero-order valence-electron chi connectivity index (χ0n) is 11.9. The van der Waals surface area contributed by atoms with E-state index >= 15 is 0 Å². The summed E-state index contributed by atoms with van der Waals surface area (Å²) in [4.78, 5) is 23.4. The van der Waals surface area contributed by atoms with E-state index in [4.69, 9.17) is 10.5 Å². The molecule has 0 bridgehead atoms. The van der Waals surface area contributed by atoms with Gasteiger partial charge in [-0.25, -0.2) is 0 Å². The van der Waals surface area contributed by atoms with Crippen LogP contribution in [0.2, 0.25) is 0 Å². The van der Waals surface area contributed by atoms with Gasteiger partial charge in [0.2, 0.25) is 5.91 Å². The summed E-state index contributed by atoms with van der Waals surface area (Å²) in [6.07, 6.45) is 0. The highest BCUT2D eigenvalue weighted by Crippen LogP contribution is 2.26. The molecule has 0 radical (unpaired) electrons. The summed E-state index contributed by atoms with van der Waals surface area (Å²) < 4.78 is 6.10. The third-order valence-electron chi connectivity index (χ3n) is 2.90. The molecule has 22 heavy (non-hydrogen) atoms. The molecule has 0 atom stereocenters. The lowest BCUT2D eigenvalue weighted by Gasteiger charge is -2.09. The maximum Gasteiger partial charge on any atom is 0.255 e. The zero-order chi connectivity index (χ0) is 16.1. The Morgan fingerprint density at radius 2 is 1.95 bits per heavy atom. The highest BCUT2D eigenvalue weighted by molar-refractivity contribution is 9.10. The smallest absolute Gasteiger partial charge is 0.255 e. The predicted molar refractivity (Wildman–Crippen MR) is 88.2 cm³/mol. The molecule has 2 amide bonds. The van der Waals surface area contributed by atoms with Crippen LogP contribution in [0.4, 0.5) is 5.69 Å². The van der Waals surface area contributed by atoms with Crippen LogP contribution in [0.5, 0.6) is 5.75 Å². The number of carbonyl (C=O) groups excluding carboxylic acids is 2. The van der Waals surface area contributed by atoms with Crippen LogP contribution in [0.15, 0.2) is 46.9 Å². The largest absolute Gasteiger partial charge is 0.493 e. The molecule has 114 valence electrons. The summed E-state index contributed by atoms with van der Waals surface area (Å²) in [5, 5.41) is 2.72. The van der Waals surface area contributed by atoms with Gasteiger partial charge < -0.3 is 15.8 Å². The van der Waals surface area contributed by atoms with E-state index < -0.39 is 5.91 Å². The van der Waals surface area contributed by atoms with E-state index in [1.54, 1.807) is 36.4 Å². The molecule has 0 aliphatic rings. The molecule has 2 aromatic rings. The lowest BCUT2D eigenvalue weighted by Crippen LogP contribution is -2.14. The molecule has 5 nitrogen and oxygen atoms in total. The molecule has 0 spiro atoms. The fourth-order valence-electron chi connectivity index (χ4n) is 1.87. The number of carbonyl (C=O) groups is 2. The van der Waals surface area contributed by atoms with Crippen LogP contribution in [0.3, 0.4) is 0 Å². The van der Waals surface area contributed by atoms with Gasteiger partial charge >= 0.3 is 0 Å². The second kappa shape index (κ2) is 7.09. The van der Waals surface area contributed by atoms with E-state index in [-0.39, 0.29) is 5.91 Å². The lowest BCUT2D eigenvalue weighted by atomic mass is 10.1. The van der Waals surface area contributed by atoms with Crippen molar-refractivity contribution in [1.29, 1.82) is 0 Å². The number of amides is 2. The summed E-state index contributed by atoms with van der Waals surface area (Å²) >= 11 is 3.37. The van der Waals surface area contributed by atoms with Crippen molar-refractivity contribution in [1.82, 2.24) is 0 Å². The summed E-state index contributed by atoms with van der Waals surface area (Å²) in [6.45, 7) is 2.43. The van der Waals surface area contributed by atoms with Crippen LogP contribution >= 0.6 is 15.9 Å². The van der Waals surface area contributed by atoms with Gasteiger partial charge in [0.15, 0.2) is 0 Å². The second-order valence-corrected chi connectivity index (χ2v) is 5.33. The minimum atomic E-state index is -0.542. The van der Waals surface area contributed by atoms with E-state index in [0.717, 1.165) is 0 Å². The Bertz CT molecular complexity index is 716. The Balaban J connectivity index is 2.17. The molecule has 2 aromatic carbocycles. The van der Waals surface area contributed by atoms with Gasteiger partial charge in [-0.2, -0.15) is 0 Å². The zero-order valence-corrected chi connectivity index (χ0v) is 13.5. The number of anilines is 1. The highest BCUT2D eigenvalue weighted by atomic mass is 79.9. The third-order valence-corrected chi connectivity index (χ3v) is 3.52. The minimum Gasteiger partial charge on any atom is -0.493 e. The van der Waals surface area contributed by atoms with Gasteiger partial charge in [0.1, 0.15) is 5.75 Å². The molecule has 0 saturated heterocycles. The minimum absolute atomic E-state index is 0.287. The second-order valence-electron chi connectivity index (χ2n) is 4.48. The molecule has 0 fully saturated rings. The number of benzene rings is 2. The molecule has 3 N–H and O–H groups in total. The van der Waals surface area contributed by atoms with E-state index in [0.29, 0.717) is 33.6 Å². The van der Waals surface area contributed by atoms with Crippen LogP contribution in [-0.2, 0) is 0 Å². The van der Waals surface area contributed by atoms with E-state index in [2.05, 4.69) is 21.2 Å². The summed E-state index contributed by atoms with van der Waals surface area (Å²) in [5.41, 5.74) is 6.53. The van der Waals surface area contributed by atoms with Crippen LogP contribution in [0.25, 0.3) is 0 Å². The maximum absolute atomic E-state index is 12.2. The molecule has 0 aromatic heterocycles. The Morgan fingerprint density at radius 1 is 1.18 bits per heavy atom. The number of rotatable bonds is 5. The van der Waals surface area contributed by atoms with Gasteiger partial charge in [-0.1, -0.05) is 6.07 Å². The lowest BCUT2D eigenvalue weighted by molar-refractivity contribution is 0.0996. The summed E-state index contributed by atoms with van der Waals surface area (Å²) in [6, 6.07) is 11.5. The molecule has 2 rings (SSSR count). The maximum atomic E-state index is 12.2. The quantitative estimate of drug-likeness (QED) is 0.856.